The molecule has 2 aromatic heterocycles. The fourth-order valence-corrected chi connectivity index (χ4v) is 2.87. The summed E-state index contributed by atoms with van der Waals surface area (Å²) in [5.74, 6) is 0.157. The molecule has 0 unspecified atom stereocenters. The maximum atomic E-state index is 12.3. The Bertz CT molecular complexity index is 767. The van der Waals surface area contributed by atoms with Crippen molar-refractivity contribution in [2.45, 2.75) is 19.4 Å². The molecule has 2 aromatic rings. The standard InChI is InChI=1S/C18H23N5O2/c1-21-10-12-22(13-11-21)17(24)5-3-9-23-18(25)7-6-16(20-23)15-4-2-8-19-14-15/h2,4,6-8,14H,3,5,9-13H2,1H3. The van der Waals surface area contributed by atoms with E-state index in [1.807, 2.05) is 17.0 Å². The summed E-state index contributed by atoms with van der Waals surface area (Å²) in [7, 11) is 2.06. The minimum atomic E-state index is -0.153. The van der Waals surface area contributed by atoms with Gasteiger partial charge in [-0.1, -0.05) is 0 Å². The zero-order valence-corrected chi connectivity index (χ0v) is 14.5. The molecule has 1 saturated heterocycles. The van der Waals surface area contributed by atoms with Gasteiger partial charge in [0.2, 0.25) is 5.91 Å². The van der Waals surface area contributed by atoms with Gasteiger partial charge in [0, 0.05) is 63.2 Å². The second kappa shape index (κ2) is 8.02. The summed E-state index contributed by atoms with van der Waals surface area (Å²) in [6, 6.07) is 6.95. The topological polar surface area (TPSA) is 71.3 Å². The van der Waals surface area contributed by atoms with Crippen molar-refractivity contribution in [1.29, 1.82) is 0 Å². The Morgan fingerprint density at radius 1 is 1.16 bits per heavy atom. The summed E-state index contributed by atoms with van der Waals surface area (Å²) in [5, 5.41) is 4.39. The molecule has 1 amide bonds. The van der Waals surface area contributed by atoms with Gasteiger partial charge in [-0.3, -0.25) is 14.6 Å². The molecular weight excluding hydrogens is 318 g/mol. The van der Waals surface area contributed by atoms with Crippen molar-refractivity contribution in [1.82, 2.24) is 24.6 Å². The lowest BCUT2D eigenvalue weighted by Gasteiger charge is -2.32. The van der Waals surface area contributed by atoms with Gasteiger partial charge in [-0.25, -0.2) is 4.68 Å². The Morgan fingerprint density at radius 2 is 1.96 bits per heavy atom. The highest BCUT2D eigenvalue weighted by Gasteiger charge is 2.18. The highest BCUT2D eigenvalue weighted by molar-refractivity contribution is 5.76. The van der Waals surface area contributed by atoms with Gasteiger partial charge in [0.15, 0.2) is 0 Å². The largest absolute Gasteiger partial charge is 0.340 e. The van der Waals surface area contributed by atoms with E-state index < -0.39 is 0 Å². The van der Waals surface area contributed by atoms with E-state index in [0.29, 0.717) is 25.1 Å². The van der Waals surface area contributed by atoms with E-state index in [4.69, 9.17) is 0 Å². The van der Waals surface area contributed by atoms with Crippen LogP contribution in [0.4, 0.5) is 0 Å². The molecule has 0 aliphatic carbocycles. The van der Waals surface area contributed by atoms with Gasteiger partial charge in [-0.15, -0.1) is 0 Å². The van der Waals surface area contributed by atoms with Crippen molar-refractivity contribution in [3.05, 3.63) is 47.0 Å². The molecule has 3 rings (SSSR count). The highest BCUT2D eigenvalue weighted by atomic mass is 16.2. The van der Waals surface area contributed by atoms with Crippen LogP contribution in [0.2, 0.25) is 0 Å². The van der Waals surface area contributed by atoms with Crippen molar-refractivity contribution < 1.29 is 4.79 Å². The monoisotopic (exact) mass is 341 g/mol. The van der Waals surface area contributed by atoms with Crippen molar-refractivity contribution in [3.63, 3.8) is 0 Å². The number of hydrogen-bond donors (Lipinski definition) is 0. The molecule has 0 saturated carbocycles. The molecular formula is C18H23N5O2. The van der Waals surface area contributed by atoms with Crippen molar-refractivity contribution in [3.8, 4) is 11.3 Å². The third-order valence-electron chi connectivity index (χ3n) is 4.44. The first kappa shape index (κ1) is 17.3. The molecule has 7 heteroatoms. The minimum absolute atomic E-state index is 0.153. The average molecular weight is 341 g/mol. The highest BCUT2D eigenvalue weighted by Crippen LogP contribution is 2.13. The number of nitrogens with zero attached hydrogens (tertiary/aromatic N) is 5. The predicted molar refractivity (Wildman–Crippen MR) is 95.0 cm³/mol. The van der Waals surface area contributed by atoms with Crippen LogP contribution in [0.15, 0.2) is 41.5 Å². The Hall–Kier alpha value is -2.54. The second-order valence-corrected chi connectivity index (χ2v) is 6.31. The first-order chi connectivity index (χ1) is 12.1. The van der Waals surface area contributed by atoms with E-state index >= 15 is 0 Å². The summed E-state index contributed by atoms with van der Waals surface area (Å²) in [6.07, 6.45) is 4.46. The van der Waals surface area contributed by atoms with Crippen LogP contribution in [0.25, 0.3) is 11.3 Å². The lowest BCUT2D eigenvalue weighted by atomic mass is 10.2. The number of aryl methyl sites for hydroxylation is 1. The van der Waals surface area contributed by atoms with Crippen molar-refractivity contribution in [2.24, 2.45) is 0 Å². The molecule has 0 spiro atoms. The maximum Gasteiger partial charge on any atom is 0.266 e. The van der Waals surface area contributed by atoms with Crippen LogP contribution in [-0.2, 0) is 11.3 Å². The van der Waals surface area contributed by atoms with Crippen LogP contribution in [-0.4, -0.2) is 63.7 Å². The van der Waals surface area contributed by atoms with Gasteiger partial charge in [0.05, 0.1) is 5.69 Å². The minimum Gasteiger partial charge on any atom is -0.340 e. The summed E-state index contributed by atoms with van der Waals surface area (Å²) in [6.45, 7) is 3.83. The van der Waals surface area contributed by atoms with Crippen molar-refractivity contribution >= 4 is 5.91 Å². The van der Waals surface area contributed by atoms with E-state index in [2.05, 4.69) is 22.0 Å². The lowest BCUT2D eigenvalue weighted by Crippen LogP contribution is -2.47. The molecule has 7 nitrogen and oxygen atoms in total. The number of hydrogen-bond acceptors (Lipinski definition) is 5. The quantitative estimate of drug-likeness (QED) is 0.807. The number of carbonyl (C=O) groups is 1. The fourth-order valence-electron chi connectivity index (χ4n) is 2.87. The number of carbonyl (C=O) groups excluding carboxylic acids is 1. The van der Waals surface area contributed by atoms with Crippen molar-refractivity contribution in [2.75, 3.05) is 33.2 Å². The molecule has 3 heterocycles. The van der Waals surface area contributed by atoms with Crippen LogP contribution in [0.5, 0.6) is 0 Å². The van der Waals surface area contributed by atoms with E-state index in [1.54, 1.807) is 18.5 Å². The van der Waals surface area contributed by atoms with Crippen LogP contribution in [0.3, 0.4) is 0 Å². The third-order valence-corrected chi connectivity index (χ3v) is 4.44. The number of pyridine rings is 1. The smallest absolute Gasteiger partial charge is 0.266 e. The average Bonchev–Trinajstić information content (AvgIpc) is 2.64. The van der Waals surface area contributed by atoms with E-state index in [-0.39, 0.29) is 11.5 Å². The van der Waals surface area contributed by atoms with Gasteiger partial charge >= 0.3 is 0 Å². The Morgan fingerprint density at radius 3 is 2.68 bits per heavy atom. The van der Waals surface area contributed by atoms with Crippen LogP contribution >= 0.6 is 0 Å². The molecule has 25 heavy (non-hydrogen) atoms. The van der Waals surface area contributed by atoms with Crippen LogP contribution < -0.4 is 5.56 Å². The van der Waals surface area contributed by atoms with E-state index in [0.717, 1.165) is 31.7 Å². The maximum absolute atomic E-state index is 12.3. The normalized spacial score (nSPS) is 15.3. The number of likely N-dealkylation sites (N-methyl/N-ethyl adjacent to an activating group) is 1. The van der Waals surface area contributed by atoms with E-state index in [1.165, 1.54) is 10.7 Å². The van der Waals surface area contributed by atoms with Gasteiger partial charge in [0.25, 0.3) is 5.56 Å². The van der Waals surface area contributed by atoms with Crippen LogP contribution in [0.1, 0.15) is 12.8 Å². The van der Waals surface area contributed by atoms with Crippen LogP contribution in [0, 0.1) is 0 Å². The molecule has 1 fully saturated rings. The molecule has 0 N–H and O–H groups in total. The second-order valence-electron chi connectivity index (χ2n) is 6.31. The first-order valence-corrected chi connectivity index (χ1v) is 8.58. The summed E-state index contributed by atoms with van der Waals surface area (Å²) in [4.78, 5) is 32.5. The molecule has 1 aliphatic rings. The summed E-state index contributed by atoms with van der Waals surface area (Å²) < 4.78 is 1.43. The number of aromatic nitrogens is 3. The fraction of sp³-hybridized carbons (Fsp3) is 0.444. The Balaban J connectivity index is 1.58. The molecule has 0 bridgehead atoms. The number of amides is 1. The molecule has 132 valence electrons. The first-order valence-electron chi connectivity index (χ1n) is 8.58. The Labute approximate surface area is 146 Å². The van der Waals surface area contributed by atoms with Gasteiger partial charge in [-0.05, 0) is 31.7 Å². The van der Waals surface area contributed by atoms with Gasteiger partial charge in [0.1, 0.15) is 0 Å². The van der Waals surface area contributed by atoms with Gasteiger partial charge < -0.3 is 9.80 Å². The Kier molecular flexibility index (Phi) is 5.55. The molecule has 1 aliphatic heterocycles. The lowest BCUT2D eigenvalue weighted by molar-refractivity contribution is -0.132. The predicted octanol–water partition coefficient (Wildman–Crippen LogP) is 0.859. The number of rotatable bonds is 5. The summed E-state index contributed by atoms with van der Waals surface area (Å²) >= 11 is 0. The molecule has 0 radical (unpaired) electrons. The molecule has 0 aromatic carbocycles. The molecule has 0 atom stereocenters. The zero-order valence-electron chi connectivity index (χ0n) is 14.5. The summed E-state index contributed by atoms with van der Waals surface area (Å²) in [5.41, 5.74) is 1.42. The SMILES string of the molecule is CN1CCN(C(=O)CCCn2nc(-c3cccnc3)ccc2=O)CC1. The van der Waals surface area contributed by atoms with E-state index in [9.17, 15) is 9.59 Å². The third kappa shape index (κ3) is 4.51. The zero-order chi connectivity index (χ0) is 17.6. The van der Waals surface area contributed by atoms with Gasteiger partial charge in [-0.2, -0.15) is 5.10 Å². The number of piperazine rings is 1.